The Morgan fingerprint density at radius 3 is 2.44 bits per heavy atom. The summed E-state index contributed by atoms with van der Waals surface area (Å²) in [6, 6.07) is 16.5. The van der Waals surface area contributed by atoms with E-state index in [1.54, 1.807) is 18.2 Å². The van der Waals surface area contributed by atoms with Crippen LogP contribution in [-0.2, 0) is 17.8 Å². The lowest BCUT2D eigenvalue weighted by Gasteiger charge is -2.30. The van der Waals surface area contributed by atoms with Gasteiger partial charge in [-0.3, -0.25) is 14.9 Å². The van der Waals surface area contributed by atoms with Crippen LogP contribution in [0.1, 0.15) is 30.9 Å². The van der Waals surface area contributed by atoms with E-state index < -0.39 is 4.92 Å². The number of para-hydroxylation sites is 1. The van der Waals surface area contributed by atoms with Crippen LogP contribution in [0.2, 0.25) is 0 Å². The molecule has 0 saturated heterocycles. The lowest BCUT2D eigenvalue weighted by atomic mass is 10.1. The average molecular weight is 338 g/mol. The molecule has 1 aliphatic carbocycles. The number of nitro groups is 1. The van der Waals surface area contributed by atoms with Gasteiger partial charge in [-0.25, -0.2) is 0 Å². The molecule has 2 aromatic carbocycles. The zero-order chi connectivity index (χ0) is 17.8. The number of benzene rings is 2. The highest BCUT2D eigenvalue weighted by atomic mass is 16.6. The van der Waals surface area contributed by atoms with E-state index in [4.69, 9.17) is 0 Å². The van der Waals surface area contributed by atoms with Gasteiger partial charge >= 0.3 is 0 Å². The fourth-order valence-corrected chi connectivity index (χ4v) is 3.18. The van der Waals surface area contributed by atoms with Crippen molar-refractivity contribution < 1.29 is 9.72 Å². The molecule has 1 aliphatic rings. The van der Waals surface area contributed by atoms with Crippen LogP contribution in [0.3, 0.4) is 0 Å². The van der Waals surface area contributed by atoms with E-state index >= 15 is 0 Å². The Morgan fingerprint density at radius 1 is 1.16 bits per heavy atom. The highest BCUT2D eigenvalue weighted by Gasteiger charge is 2.34. The van der Waals surface area contributed by atoms with E-state index in [-0.39, 0.29) is 24.1 Å². The Morgan fingerprint density at radius 2 is 1.80 bits per heavy atom. The normalized spacial score (nSPS) is 14.8. The third kappa shape index (κ3) is 4.24. The van der Waals surface area contributed by atoms with Crippen LogP contribution in [-0.4, -0.2) is 21.8 Å². The van der Waals surface area contributed by atoms with E-state index in [0.717, 1.165) is 18.4 Å². The van der Waals surface area contributed by atoms with Crippen LogP contribution in [0.25, 0.3) is 0 Å². The van der Waals surface area contributed by atoms with Gasteiger partial charge in [0.15, 0.2) is 0 Å². The fourth-order valence-electron chi connectivity index (χ4n) is 3.18. The maximum atomic E-state index is 13.0. The van der Waals surface area contributed by atoms with Gasteiger partial charge in [0.05, 0.1) is 11.3 Å². The molecule has 5 nitrogen and oxygen atoms in total. The molecule has 1 unspecified atom stereocenters. The molecule has 3 rings (SSSR count). The van der Waals surface area contributed by atoms with Crippen LogP contribution >= 0.6 is 0 Å². The van der Waals surface area contributed by atoms with Crippen molar-refractivity contribution in [2.45, 2.75) is 38.8 Å². The Hall–Kier alpha value is -2.69. The van der Waals surface area contributed by atoms with Crippen molar-refractivity contribution in [1.29, 1.82) is 0 Å². The number of hydrogen-bond donors (Lipinski definition) is 0. The predicted molar refractivity (Wildman–Crippen MR) is 96.0 cm³/mol. The van der Waals surface area contributed by atoms with E-state index in [1.807, 2.05) is 35.2 Å². The molecule has 1 fully saturated rings. The molecule has 1 amide bonds. The number of carbonyl (C=O) groups is 1. The van der Waals surface area contributed by atoms with Crippen LogP contribution in [0.4, 0.5) is 5.69 Å². The summed E-state index contributed by atoms with van der Waals surface area (Å²) in [5, 5.41) is 11.2. The Bertz CT molecular complexity index is 757. The molecular formula is C20H22N2O3. The van der Waals surface area contributed by atoms with E-state index in [9.17, 15) is 14.9 Å². The van der Waals surface area contributed by atoms with Gasteiger partial charge in [-0.05, 0) is 31.2 Å². The highest BCUT2D eigenvalue weighted by Crippen LogP contribution is 2.36. The van der Waals surface area contributed by atoms with Crippen molar-refractivity contribution in [3.05, 3.63) is 75.8 Å². The molecule has 0 spiro atoms. The minimum absolute atomic E-state index is 0.00888. The quantitative estimate of drug-likeness (QED) is 0.567. The zero-order valence-corrected chi connectivity index (χ0v) is 14.3. The first-order valence-corrected chi connectivity index (χ1v) is 8.62. The SMILES string of the molecule is CC(C1CC1)N(Cc1ccccc1)C(=O)Cc1ccccc1[N+](=O)[O-]. The maximum absolute atomic E-state index is 13.0. The smallest absolute Gasteiger partial charge is 0.273 e. The standard InChI is InChI=1S/C20H22N2O3/c1-15(17-11-12-17)21(14-16-7-3-2-4-8-16)20(23)13-18-9-5-6-10-19(18)22(24)25/h2-10,15,17H,11-14H2,1H3. The molecule has 2 aromatic rings. The highest BCUT2D eigenvalue weighted by molar-refractivity contribution is 5.80. The lowest BCUT2D eigenvalue weighted by Crippen LogP contribution is -2.40. The number of amides is 1. The molecule has 130 valence electrons. The Balaban J connectivity index is 1.80. The van der Waals surface area contributed by atoms with Crippen molar-refractivity contribution in [3.63, 3.8) is 0 Å². The second-order valence-electron chi connectivity index (χ2n) is 6.65. The van der Waals surface area contributed by atoms with Crippen molar-refractivity contribution in [2.75, 3.05) is 0 Å². The molecule has 0 N–H and O–H groups in total. The second-order valence-corrected chi connectivity index (χ2v) is 6.65. The minimum Gasteiger partial charge on any atom is -0.335 e. The number of carbonyl (C=O) groups excluding carboxylic acids is 1. The largest absolute Gasteiger partial charge is 0.335 e. The monoisotopic (exact) mass is 338 g/mol. The van der Waals surface area contributed by atoms with Crippen LogP contribution in [0, 0.1) is 16.0 Å². The van der Waals surface area contributed by atoms with Crippen molar-refractivity contribution in [3.8, 4) is 0 Å². The first-order chi connectivity index (χ1) is 12.1. The molecule has 0 aliphatic heterocycles. The lowest BCUT2D eigenvalue weighted by molar-refractivity contribution is -0.385. The zero-order valence-electron chi connectivity index (χ0n) is 14.3. The van der Waals surface area contributed by atoms with Crippen molar-refractivity contribution in [1.82, 2.24) is 4.90 Å². The summed E-state index contributed by atoms with van der Waals surface area (Å²) >= 11 is 0. The minimum atomic E-state index is -0.422. The van der Waals surface area contributed by atoms with Crippen LogP contribution in [0.5, 0.6) is 0 Å². The third-order valence-corrected chi connectivity index (χ3v) is 4.84. The molecule has 0 radical (unpaired) electrons. The molecule has 0 heterocycles. The first kappa shape index (κ1) is 17.1. The van der Waals surface area contributed by atoms with Crippen LogP contribution < -0.4 is 0 Å². The average Bonchev–Trinajstić information content (AvgIpc) is 3.45. The molecule has 1 saturated carbocycles. The summed E-state index contributed by atoms with van der Waals surface area (Å²) in [6.45, 7) is 2.62. The molecule has 0 aromatic heterocycles. The Labute approximate surface area is 147 Å². The number of rotatable bonds is 7. The topological polar surface area (TPSA) is 63.5 Å². The van der Waals surface area contributed by atoms with Gasteiger partial charge in [0.25, 0.3) is 5.69 Å². The summed E-state index contributed by atoms with van der Waals surface area (Å²) in [7, 11) is 0. The van der Waals surface area contributed by atoms with Gasteiger partial charge < -0.3 is 4.90 Å². The van der Waals surface area contributed by atoms with Gasteiger partial charge in [-0.15, -0.1) is 0 Å². The summed E-state index contributed by atoms with van der Waals surface area (Å²) < 4.78 is 0. The van der Waals surface area contributed by atoms with E-state index in [2.05, 4.69) is 6.92 Å². The van der Waals surface area contributed by atoms with E-state index in [0.29, 0.717) is 18.0 Å². The molecule has 5 heteroatoms. The maximum Gasteiger partial charge on any atom is 0.273 e. The van der Waals surface area contributed by atoms with Crippen molar-refractivity contribution in [2.24, 2.45) is 5.92 Å². The molecule has 1 atom stereocenters. The first-order valence-electron chi connectivity index (χ1n) is 8.62. The number of nitrogens with zero attached hydrogens (tertiary/aromatic N) is 2. The Kier molecular flexibility index (Phi) is 5.12. The van der Waals surface area contributed by atoms with Crippen LogP contribution in [0.15, 0.2) is 54.6 Å². The van der Waals surface area contributed by atoms with E-state index in [1.165, 1.54) is 6.07 Å². The predicted octanol–water partition coefficient (Wildman–Crippen LogP) is 3.96. The van der Waals surface area contributed by atoms with Gasteiger partial charge in [-0.2, -0.15) is 0 Å². The molecule has 0 bridgehead atoms. The molecule has 25 heavy (non-hydrogen) atoms. The number of hydrogen-bond acceptors (Lipinski definition) is 3. The molecular weight excluding hydrogens is 316 g/mol. The van der Waals surface area contributed by atoms with Gasteiger partial charge in [0, 0.05) is 24.2 Å². The fraction of sp³-hybridized carbons (Fsp3) is 0.350. The summed E-state index contributed by atoms with van der Waals surface area (Å²) in [6.07, 6.45) is 2.34. The van der Waals surface area contributed by atoms with Gasteiger partial charge in [-0.1, -0.05) is 48.5 Å². The van der Waals surface area contributed by atoms with Gasteiger partial charge in [0.2, 0.25) is 5.91 Å². The van der Waals surface area contributed by atoms with Crippen molar-refractivity contribution >= 4 is 11.6 Å². The summed E-state index contributed by atoms with van der Waals surface area (Å²) in [4.78, 5) is 25.6. The summed E-state index contributed by atoms with van der Waals surface area (Å²) in [5.41, 5.74) is 1.55. The summed E-state index contributed by atoms with van der Waals surface area (Å²) in [5.74, 6) is 0.482. The third-order valence-electron chi connectivity index (χ3n) is 4.84. The second kappa shape index (κ2) is 7.47. The number of nitro benzene ring substituents is 1. The van der Waals surface area contributed by atoms with Gasteiger partial charge in [0.1, 0.15) is 0 Å².